The highest BCUT2D eigenvalue weighted by Gasteiger charge is 2.34. The molecule has 1 N–H and O–H groups in total. The standard InChI is InChI=1S/C31H39N3O7S/c1-22(30(36)32-31(2,3)4)33(20-23-12-14-24(39-5)15-13-23)29(35)21-34(27-10-8-9-11-28(27)41-7)42(37,38)26-18-16-25(40-6)17-19-26/h8-19,22H,20-21H2,1-7H3,(H,32,36)/t22-/m0/s1. The predicted molar refractivity (Wildman–Crippen MR) is 161 cm³/mol. The first-order valence-corrected chi connectivity index (χ1v) is 14.8. The van der Waals surface area contributed by atoms with Crippen LogP contribution in [0.15, 0.2) is 77.7 Å². The lowest BCUT2D eigenvalue weighted by Gasteiger charge is -2.33. The van der Waals surface area contributed by atoms with Gasteiger partial charge >= 0.3 is 0 Å². The number of carbonyl (C=O) groups is 2. The van der Waals surface area contributed by atoms with Gasteiger partial charge in [0.2, 0.25) is 11.8 Å². The van der Waals surface area contributed by atoms with Crippen molar-refractivity contribution < 1.29 is 32.2 Å². The Hall–Kier alpha value is -4.25. The second-order valence-corrected chi connectivity index (χ2v) is 12.5. The molecular formula is C31H39N3O7S. The van der Waals surface area contributed by atoms with Crippen molar-refractivity contribution in [2.75, 3.05) is 32.2 Å². The van der Waals surface area contributed by atoms with Crippen LogP contribution in [0.4, 0.5) is 5.69 Å². The van der Waals surface area contributed by atoms with Crippen LogP contribution >= 0.6 is 0 Å². The molecule has 0 spiro atoms. The molecule has 10 nitrogen and oxygen atoms in total. The first kappa shape index (κ1) is 32.3. The number of hydrogen-bond acceptors (Lipinski definition) is 7. The minimum absolute atomic E-state index is 0.0396. The SMILES string of the molecule is COc1ccc(CN(C(=O)CN(c2ccccc2OC)S(=O)(=O)c2ccc(OC)cc2)[C@@H](C)C(=O)NC(C)(C)C)cc1. The molecule has 0 bridgehead atoms. The number of benzene rings is 3. The Morgan fingerprint density at radius 2 is 1.38 bits per heavy atom. The molecule has 0 aliphatic rings. The summed E-state index contributed by atoms with van der Waals surface area (Å²) >= 11 is 0. The van der Waals surface area contributed by atoms with Gasteiger partial charge in [0.25, 0.3) is 10.0 Å². The predicted octanol–water partition coefficient (Wildman–Crippen LogP) is 4.24. The van der Waals surface area contributed by atoms with Crippen LogP contribution < -0.4 is 23.8 Å². The number of rotatable bonds is 12. The number of methoxy groups -OCH3 is 3. The molecule has 0 saturated heterocycles. The number of nitrogens with one attached hydrogen (secondary N) is 1. The Morgan fingerprint density at radius 1 is 0.833 bits per heavy atom. The highest BCUT2D eigenvalue weighted by molar-refractivity contribution is 7.92. The fraction of sp³-hybridized carbons (Fsp3) is 0.355. The van der Waals surface area contributed by atoms with Crippen LogP contribution in [0.2, 0.25) is 0 Å². The Bertz CT molecular complexity index is 1470. The van der Waals surface area contributed by atoms with Crippen molar-refractivity contribution >= 4 is 27.5 Å². The van der Waals surface area contributed by atoms with Gasteiger partial charge in [-0.25, -0.2) is 8.42 Å². The van der Waals surface area contributed by atoms with Gasteiger partial charge in [0.15, 0.2) is 0 Å². The van der Waals surface area contributed by atoms with Crippen LogP contribution in [0.3, 0.4) is 0 Å². The van der Waals surface area contributed by atoms with Gasteiger partial charge in [-0.3, -0.25) is 13.9 Å². The minimum Gasteiger partial charge on any atom is -0.497 e. The Balaban J connectivity index is 2.07. The fourth-order valence-electron chi connectivity index (χ4n) is 4.21. The lowest BCUT2D eigenvalue weighted by Crippen LogP contribution is -2.54. The molecule has 0 radical (unpaired) electrons. The molecule has 42 heavy (non-hydrogen) atoms. The van der Waals surface area contributed by atoms with Gasteiger partial charge in [-0.15, -0.1) is 0 Å². The van der Waals surface area contributed by atoms with E-state index in [9.17, 15) is 18.0 Å². The summed E-state index contributed by atoms with van der Waals surface area (Å²) < 4.78 is 45.0. The fourth-order valence-corrected chi connectivity index (χ4v) is 5.63. The van der Waals surface area contributed by atoms with Crippen molar-refractivity contribution in [2.45, 2.75) is 50.7 Å². The maximum atomic E-state index is 14.1. The summed E-state index contributed by atoms with van der Waals surface area (Å²) in [7, 11) is 0.199. The molecule has 0 heterocycles. The average molecular weight is 598 g/mol. The normalized spacial score (nSPS) is 12.2. The molecule has 3 aromatic carbocycles. The summed E-state index contributed by atoms with van der Waals surface area (Å²) in [6, 6.07) is 18.6. The second-order valence-electron chi connectivity index (χ2n) is 10.6. The van der Waals surface area contributed by atoms with E-state index in [-0.39, 0.29) is 28.8 Å². The van der Waals surface area contributed by atoms with Crippen LogP contribution in [-0.4, -0.2) is 64.6 Å². The zero-order chi connectivity index (χ0) is 31.1. The molecule has 11 heteroatoms. The van der Waals surface area contributed by atoms with Crippen molar-refractivity contribution in [1.82, 2.24) is 10.2 Å². The van der Waals surface area contributed by atoms with Gasteiger partial charge in [0.05, 0.1) is 31.9 Å². The maximum absolute atomic E-state index is 14.1. The summed E-state index contributed by atoms with van der Waals surface area (Å²) in [5, 5.41) is 2.91. The molecule has 2 amide bonds. The summed E-state index contributed by atoms with van der Waals surface area (Å²) in [6.07, 6.45) is 0. The molecule has 226 valence electrons. The quantitative estimate of drug-likeness (QED) is 0.332. The van der Waals surface area contributed by atoms with E-state index in [1.807, 2.05) is 20.8 Å². The van der Waals surface area contributed by atoms with Crippen LogP contribution in [-0.2, 0) is 26.2 Å². The van der Waals surface area contributed by atoms with E-state index in [4.69, 9.17) is 14.2 Å². The summed E-state index contributed by atoms with van der Waals surface area (Å²) in [6.45, 7) is 6.63. The van der Waals surface area contributed by atoms with E-state index >= 15 is 0 Å². The molecule has 1 atom stereocenters. The van der Waals surface area contributed by atoms with Gasteiger partial charge in [-0.05, 0) is 81.8 Å². The third-order valence-electron chi connectivity index (χ3n) is 6.46. The lowest BCUT2D eigenvalue weighted by molar-refractivity contribution is -0.140. The molecule has 0 aliphatic carbocycles. The number of para-hydroxylation sites is 2. The molecule has 0 saturated carbocycles. The van der Waals surface area contributed by atoms with E-state index in [0.29, 0.717) is 11.5 Å². The number of carbonyl (C=O) groups excluding carboxylic acids is 2. The number of sulfonamides is 1. The number of nitrogens with zero attached hydrogens (tertiary/aromatic N) is 2. The smallest absolute Gasteiger partial charge is 0.264 e. The molecule has 0 aromatic heterocycles. The van der Waals surface area contributed by atoms with Gasteiger partial charge in [-0.2, -0.15) is 0 Å². The Kier molecular flexibility index (Phi) is 10.5. The number of ether oxygens (including phenoxy) is 3. The highest BCUT2D eigenvalue weighted by Crippen LogP contribution is 2.33. The van der Waals surface area contributed by atoms with E-state index in [1.54, 1.807) is 62.6 Å². The van der Waals surface area contributed by atoms with Crippen molar-refractivity contribution in [2.24, 2.45) is 0 Å². The summed E-state index contributed by atoms with van der Waals surface area (Å²) in [5.41, 5.74) is 0.378. The van der Waals surface area contributed by atoms with E-state index in [2.05, 4.69) is 5.32 Å². The monoisotopic (exact) mass is 597 g/mol. The largest absolute Gasteiger partial charge is 0.497 e. The van der Waals surface area contributed by atoms with Crippen LogP contribution in [0.1, 0.15) is 33.3 Å². The van der Waals surface area contributed by atoms with Gasteiger partial charge in [0.1, 0.15) is 29.8 Å². The van der Waals surface area contributed by atoms with Gasteiger partial charge < -0.3 is 24.4 Å². The second kappa shape index (κ2) is 13.6. The zero-order valence-corrected chi connectivity index (χ0v) is 25.9. The van der Waals surface area contributed by atoms with Crippen molar-refractivity contribution in [3.63, 3.8) is 0 Å². The summed E-state index contributed by atoms with van der Waals surface area (Å²) in [5.74, 6) is 0.445. The van der Waals surface area contributed by atoms with Crippen molar-refractivity contribution in [3.05, 3.63) is 78.4 Å². The zero-order valence-electron chi connectivity index (χ0n) is 25.1. The topological polar surface area (TPSA) is 114 Å². The first-order chi connectivity index (χ1) is 19.8. The van der Waals surface area contributed by atoms with E-state index in [0.717, 1.165) is 9.87 Å². The maximum Gasteiger partial charge on any atom is 0.264 e. The third-order valence-corrected chi connectivity index (χ3v) is 8.23. The molecule has 3 rings (SSSR count). The first-order valence-electron chi connectivity index (χ1n) is 13.3. The Morgan fingerprint density at radius 3 is 1.90 bits per heavy atom. The summed E-state index contributed by atoms with van der Waals surface area (Å²) in [4.78, 5) is 28.7. The number of amides is 2. The van der Waals surface area contributed by atoms with Crippen LogP contribution in [0.5, 0.6) is 17.2 Å². The van der Waals surface area contributed by atoms with Crippen LogP contribution in [0.25, 0.3) is 0 Å². The minimum atomic E-state index is -4.26. The molecule has 3 aromatic rings. The highest BCUT2D eigenvalue weighted by atomic mass is 32.2. The molecule has 0 fully saturated rings. The van der Waals surface area contributed by atoms with E-state index in [1.165, 1.54) is 43.4 Å². The number of anilines is 1. The molecule has 0 unspecified atom stereocenters. The van der Waals surface area contributed by atoms with Gasteiger partial charge in [-0.1, -0.05) is 24.3 Å². The van der Waals surface area contributed by atoms with Crippen molar-refractivity contribution in [3.8, 4) is 17.2 Å². The third kappa shape index (κ3) is 7.94. The van der Waals surface area contributed by atoms with Gasteiger partial charge in [0, 0.05) is 12.1 Å². The average Bonchev–Trinajstić information content (AvgIpc) is 2.97. The lowest BCUT2D eigenvalue weighted by atomic mass is 10.1. The molecular weight excluding hydrogens is 558 g/mol. The number of hydrogen-bond donors (Lipinski definition) is 1. The molecule has 0 aliphatic heterocycles. The van der Waals surface area contributed by atoms with Crippen LogP contribution in [0, 0.1) is 0 Å². The van der Waals surface area contributed by atoms with Crippen molar-refractivity contribution in [1.29, 1.82) is 0 Å². The Labute approximate surface area is 248 Å². The van der Waals surface area contributed by atoms with E-state index < -0.39 is 34.1 Å².